The summed E-state index contributed by atoms with van der Waals surface area (Å²) in [4.78, 5) is 44.8. The van der Waals surface area contributed by atoms with E-state index in [9.17, 15) is 24.6 Å². The molecule has 1 heterocycles. The number of aliphatic hydroxyl groups excluding tert-OH is 2. The lowest BCUT2D eigenvalue weighted by Gasteiger charge is -2.31. The van der Waals surface area contributed by atoms with Crippen LogP contribution in [0.1, 0.15) is 22.5 Å². The average Bonchev–Trinajstić information content (AvgIpc) is 2.82. The molecule has 0 aliphatic heterocycles. The molecule has 11 heteroatoms. The molecule has 2 aromatic rings. The van der Waals surface area contributed by atoms with Gasteiger partial charge in [0, 0.05) is 30.8 Å². The van der Waals surface area contributed by atoms with Crippen molar-refractivity contribution in [1.82, 2.24) is 20.6 Å². The second-order valence-corrected chi connectivity index (χ2v) is 7.52. The first-order chi connectivity index (χ1) is 15.8. The molecule has 33 heavy (non-hydrogen) atoms. The van der Waals surface area contributed by atoms with E-state index in [2.05, 4.69) is 20.6 Å². The summed E-state index contributed by atoms with van der Waals surface area (Å²) < 4.78 is 5.10. The predicted molar refractivity (Wildman–Crippen MR) is 116 cm³/mol. The Morgan fingerprint density at radius 3 is 2.52 bits per heavy atom. The van der Waals surface area contributed by atoms with Crippen molar-refractivity contribution in [2.75, 3.05) is 7.11 Å². The molecule has 0 saturated carbocycles. The predicted octanol–water partition coefficient (Wildman–Crippen LogP) is -1.15. The van der Waals surface area contributed by atoms with E-state index < -0.39 is 42.0 Å². The number of hydrogen-bond acceptors (Lipinski definition) is 8. The second-order valence-electron chi connectivity index (χ2n) is 7.52. The van der Waals surface area contributed by atoms with Crippen LogP contribution < -0.4 is 21.1 Å². The fourth-order valence-electron chi connectivity index (χ4n) is 3.38. The number of carbonyl (C=O) groups excluding carboxylic acids is 3. The summed E-state index contributed by atoms with van der Waals surface area (Å²) in [5, 5.41) is 25.6. The fraction of sp³-hybridized carbons (Fsp3) is 0.318. The van der Waals surface area contributed by atoms with Gasteiger partial charge in [0.1, 0.15) is 23.6 Å². The summed E-state index contributed by atoms with van der Waals surface area (Å²) >= 11 is 0. The largest absolute Gasteiger partial charge is 0.497 e. The molecule has 6 N–H and O–H groups in total. The smallest absolute Gasteiger partial charge is 0.272 e. The first-order valence-corrected chi connectivity index (χ1v) is 10.1. The molecular formula is C22H25N5O6. The van der Waals surface area contributed by atoms with Gasteiger partial charge in [0.2, 0.25) is 11.8 Å². The molecule has 4 unspecified atom stereocenters. The van der Waals surface area contributed by atoms with Crippen LogP contribution in [-0.4, -0.2) is 69.3 Å². The van der Waals surface area contributed by atoms with Crippen molar-refractivity contribution in [2.24, 2.45) is 5.73 Å². The van der Waals surface area contributed by atoms with Crippen molar-refractivity contribution < 1.29 is 29.3 Å². The Kier molecular flexibility index (Phi) is 7.70. The number of rotatable bonds is 8. The summed E-state index contributed by atoms with van der Waals surface area (Å²) in [6, 6.07) is 4.88. The molecule has 0 saturated heterocycles. The molecule has 11 nitrogen and oxygen atoms in total. The highest BCUT2D eigenvalue weighted by molar-refractivity contribution is 5.97. The van der Waals surface area contributed by atoms with Crippen molar-refractivity contribution in [2.45, 2.75) is 37.1 Å². The van der Waals surface area contributed by atoms with Gasteiger partial charge in [0.05, 0.1) is 25.5 Å². The van der Waals surface area contributed by atoms with E-state index in [0.717, 1.165) is 5.56 Å². The number of carbonyl (C=O) groups is 3. The Hall–Kier alpha value is -3.83. The SMILES string of the molecule is COc1ccc(CC(NC(=O)C2=CC(NC(=O)c3cnccn3)C(O)C(O)C2)C(N)=O)cc1. The fourth-order valence-corrected chi connectivity index (χ4v) is 3.38. The molecule has 3 amide bonds. The third-order valence-electron chi connectivity index (χ3n) is 5.20. The minimum Gasteiger partial charge on any atom is -0.497 e. The minimum absolute atomic E-state index is 0.0115. The lowest BCUT2D eigenvalue weighted by atomic mass is 9.89. The van der Waals surface area contributed by atoms with Gasteiger partial charge in [-0.2, -0.15) is 0 Å². The first kappa shape index (κ1) is 23.8. The van der Waals surface area contributed by atoms with Crippen molar-refractivity contribution in [3.63, 3.8) is 0 Å². The number of nitrogens with one attached hydrogen (secondary N) is 2. The maximum atomic E-state index is 12.8. The van der Waals surface area contributed by atoms with Crippen LogP contribution in [0.5, 0.6) is 5.75 Å². The number of nitrogens with two attached hydrogens (primary N) is 1. The van der Waals surface area contributed by atoms with Gasteiger partial charge < -0.3 is 31.3 Å². The van der Waals surface area contributed by atoms with E-state index in [0.29, 0.717) is 5.75 Å². The van der Waals surface area contributed by atoms with Crippen LogP contribution in [0.25, 0.3) is 0 Å². The van der Waals surface area contributed by atoms with Gasteiger partial charge in [0.15, 0.2) is 0 Å². The second kappa shape index (κ2) is 10.7. The molecule has 174 valence electrons. The molecule has 0 bridgehead atoms. The molecule has 4 atom stereocenters. The van der Waals surface area contributed by atoms with Gasteiger partial charge in [-0.05, 0) is 17.7 Å². The molecule has 1 aliphatic carbocycles. The summed E-state index contributed by atoms with van der Waals surface area (Å²) in [7, 11) is 1.54. The Bertz CT molecular complexity index is 1030. The molecule has 3 rings (SSSR count). The summed E-state index contributed by atoms with van der Waals surface area (Å²) in [6.07, 6.45) is 2.66. The number of methoxy groups -OCH3 is 1. The molecular weight excluding hydrogens is 430 g/mol. The Balaban J connectivity index is 1.72. The Morgan fingerprint density at radius 2 is 1.91 bits per heavy atom. The van der Waals surface area contributed by atoms with Crippen LogP contribution in [0.2, 0.25) is 0 Å². The zero-order valence-electron chi connectivity index (χ0n) is 17.8. The zero-order chi connectivity index (χ0) is 24.0. The first-order valence-electron chi connectivity index (χ1n) is 10.1. The van der Waals surface area contributed by atoms with E-state index in [1.807, 2.05) is 0 Å². The molecule has 0 spiro atoms. The van der Waals surface area contributed by atoms with E-state index in [1.54, 1.807) is 24.3 Å². The van der Waals surface area contributed by atoms with Crippen molar-refractivity contribution in [1.29, 1.82) is 0 Å². The number of aromatic nitrogens is 2. The maximum Gasteiger partial charge on any atom is 0.272 e. The number of primary amides is 1. The molecule has 0 radical (unpaired) electrons. The lowest BCUT2D eigenvalue weighted by molar-refractivity contribution is -0.125. The summed E-state index contributed by atoms with van der Waals surface area (Å²) in [5.74, 6) is -1.36. The average molecular weight is 455 g/mol. The summed E-state index contributed by atoms with van der Waals surface area (Å²) in [6.45, 7) is 0. The summed E-state index contributed by atoms with van der Waals surface area (Å²) in [5.41, 5.74) is 6.33. The number of hydrogen-bond donors (Lipinski definition) is 5. The third kappa shape index (κ3) is 6.11. The van der Waals surface area contributed by atoms with Crippen LogP contribution >= 0.6 is 0 Å². The third-order valence-corrected chi connectivity index (χ3v) is 5.20. The van der Waals surface area contributed by atoms with Crippen LogP contribution in [0, 0.1) is 0 Å². The van der Waals surface area contributed by atoms with Gasteiger partial charge in [-0.3, -0.25) is 19.4 Å². The number of benzene rings is 1. The van der Waals surface area contributed by atoms with E-state index >= 15 is 0 Å². The Morgan fingerprint density at radius 1 is 1.18 bits per heavy atom. The van der Waals surface area contributed by atoms with Gasteiger partial charge >= 0.3 is 0 Å². The topological polar surface area (TPSA) is 177 Å². The normalized spacial score (nSPS) is 20.8. The van der Waals surface area contributed by atoms with Crippen molar-refractivity contribution in [3.8, 4) is 5.75 Å². The monoisotopic (exact) mass is 455 g/mol. The van der Waals surface area contributed by atoms with Crippen LogP contribution in [-0.2, 0) is 16.0 Å². The molecule has 0 fully saturated rings. The lowest BCUT2D eigenvalue weighted by Crippen LogP contribution is -2.52. The van der Waals surface area contributed by atoms with Crippen LogP contribution in [0.15, 0.2) is 54.5 Å². The molecule has 1 aromatic carbocycles. The highest BCUT2D eigenvalue weighted by Gasteiger charge is 2.34. The highest BCUT2D eigenvalue weighted by Crippen LogP contribution is 2.21. The highest BCUT2D eigenvalue weighted by atomic mass is 16.5. The van der Waals surface area contributed by atoms with Gasteiger partial charge in [0.25, 0.3) is 5.91 Å². The molecule has 1 aliphatic rings. The standard InChI is InChI=1S/C22H25N5O6/c1-33-14-4-2-12(3-5-14)8-16(20(23)30)27-21(31)13-9-15(19(29)18(28)10-13)26-22(32)17-11-24-6-7-25-17/h2-7,9,11,15-16,18-19,28-29H,8,10H2,1H3,(H2,23,30)(H,26,32)(H,27,31). The quantitative estimate of drug-likeness (QED) is 0.331. The number of ether oxygens (including phenoxy) is 1. The van der Waals surface area contributed by atoms with Gasteiger partial charge in [-0.15, -0.1) is 0 Å². The maximum absolute atomic E-state index is 12.8. The minimum atomic E-state index is -1.34. The van der Waals surface area contributed by atoms with E-state index in [-0.39, 0.29) is 24.1 Å². The zero-order valence-corrected chi connectivity index (χ0v) is 17.8. The van der Waals surface area contributed by atoms with Gasteiger partial charge in [-0.1, -0.05) is 18.2 Å². The van der Waals surface area contributed by atoms with Crippen LogP contribution in [0.3, 0.4) is 0 Å². The molecule has 1 aromatic heterocycles. The van der Waals surface area contributed by atoms with Crippen LogP contribution in [0.4, 0.5) is 0 Å². The van der Waals surface area contributed by atoms with Crippen molar-refractivity contribution in [3.05, 3.63) is 65.8 Å². The van der Waals surface area contributed by atoms with E-state index in [4.69, 9.17) is 10.5 Å². The number of aliphatic hydroxyl groups is 2. The Labute approximate surface area is 189 Å². The van der Waals surface area contributed by atoms with Crippen molar-refractivity contribution >= 4 is 17.7 Å². The number of amides is 3. The van der Waals surface area contributed by atoms with Gasteiger partial charge in [-0.25, -0.2) is 4.98 Å². The van der Waals surface area contributed by atoms with E-state index in [1.165, 1.54) is 31.8 Å². The number of nitrogens with zero attached hydrogens (tertiary/aromatic N) is 2.